The quantitative estimate of drug-likeness (QED) is 0.693. The topological polar surface area (TPSA) is 68.2 Å². The van der Waals surface area contributed by atoms with E-state index in [0.717, 1.165) is 37.3 Å². The molecule has 0 bridgehead atoms. The molecule has 0 aliphatic carbocycles. The molecule has 2 aromatic carbocycles. The molecular formula is C23H26N4O2. The average Bonchev–Trinajstić information content (AvgIpc) is 3.20. The molecule has 1 aromatic heterocycles. The lowest BCUT2D eigenvalue weighted by molar-refractivity contribution is 0.102. The molecule has 1 saturated heterocycles. The zero-order valence-electron chi connectivity index (χ0n) is 16.8. The van der Waals surface area contributed by atoms with Gasteiger partial charge in [-0.2, -0.15) is 5.10 Å². The van der Waals surface area contributed by atoms with Crippen molar-refractivity contribution >= 4 is 11.6 Å². The van der Waals surface area contributed by atoms with Crippen molar-refractivity contribution in [1.29, 1.82) is 0 Å². The summed E-state index contributed by atoms with van der Waals surface area (Å²) in [5.41, 5.74) is 4.48. The van der Waals surface area contributed by atoms with E-state index >= 15 is 0 Å². The normalized spacial score (nSPS) is 14.6. The standard InChI is InChI=1S/C23H26N4O2/c1-16-6-8-19(9-7-16)27-22(17-10-12-24-13-11-17)21(15-25-27)23(28)26-18-4-3-5-20(14-18)29-2/h3-9,14-15,17,24H,10-13H2,1-2H3,(H,26,28). The average molecular weight is 390 g/mol. The Kier molecular flexibility index (Phi) is 5.62. The van der Waals surface area contributed by atoms with Crippen LogP contribution in [0.1, 0.15) is 40.4 Å². The second kappa shape index (κ2) is 8.49. The summed E-state index contributed by atoms with van der Waals surface area (Å²) in [4.78, 5) is 13.2. The Bertz CT molecular complexity index is 988. The molecule has 0 saturated carbocycles. The number of carbonyl (C=O) groups is 1. The third kappa shape index (κ3) is 4.17. The van der Waals surface area contributed by atoms with Gasteiger partial charge in [0.15, 0.2) is 0 Å². The second-order valence-electron chi connectivity index (χ2n) is 7.40. The maximum Gasteiger partial charge on any atom is 0.259 e. The number of rotatable bonds is 5. The van der Waals surface area contributed by atoms with Gasteiger partial charge < -0.3 is 15.4 Å². The Labute approximate surface area is 170 Å². The van der Waals surface area contributed by atoms with Crippen LogP contribution in [-0.4, -0.2) is 35.9 Å². The number of hydrogen-bond donors (Lipinski definition) is 2. The summed E-state index contributed by atoms with van der Waals surface area (Å²) in [5.74, 6) is 0.841. The van der Waals surface area contributed by atoms with Crippen molar-refractivity contribution in [2.24, 2.45) is 0 Å². The van der Waals surface area contributed by atoms with Crippen LogP contribution in [0.5, 0.6) is 5.75 Å². The van der Waals surface area contributed by atoms with E-state index in [4.69, 9.17) is 4.74 Å². The van der Waals surface area contributed by atoms with Crippen LogP contribution < -0.4 is 15.4 Å². The first-order valence-electron chi connectivity index (χ1n) is 9.97. The number of nitrogens with one attached hydrogen (secondary N) is 2. The first-order valence-corrected chi connectivity index (χ1v) is 9.97. The number of nitrogens with zero attached hydrogens (tertiary/aromatic N) is 2. The number of hydrogen-bond acceptors (Lipinski definition) is 4. The zero-order valence-corrected chi connectivity index (χ0v) is 16.8. The first-order chi connectivity index (χ1) is 14.2. The zero-order chi connectivity index (χ0) is 20.2. The maximum absolute atomic E-state index is 13.2. The van der Waals surface area contributed by atoms with E-state index in [0.29, 0.717) is 17.0 Å². The Balaban J connectivity index is 1.70. The van der Waals surface area contributed by atoms with Gasteiger partial charge in [-0.25, -0.2) is 4.68 Å². The van der Waals surface area contributed by atoms with Crippen molar-refractivity contribution in [3.05, 3.63) is 71.5 Å². The number of aromatic nitrogens is 2. The molecule has 29 heavy (non-hydrogen) atoms. The van der Waals surface area contributed by atoms with Gasteiger partial charge in [0.25, 0.3) is 5.91 Å². The molecule has 150 valence electrons. The highest BCUT2D eigenvalue weighted by molar-refractivity contribution is 6.05. The molecule has 2 N–H and O–H groups in total. The van der Waals surface area contributed by atoms with Crippen LogP contribution in [-0.2, 0) is 0 Å². The van der Waals surface area contributed by atoms with Gasteiger partial charge in [-0.3, -0.25) is 4.79 Å². The van der Waals surface area contributed by atoms with Crippen LogP contribution in [0.15, 0.2) is 54.7 Å². The lowest BCUT2D eigenvalue weighted by atomic mass is 9.91. The Hall–Kier alpha value is -3.12. The monoisotopic (exact) mass is 390 g/mol. The minimum absolute atomic E-state index is 0.148. The van der Waals surface area contributed by atoms with E-state index in [1.807, 2.05) is 28.9 Å². The van der Waals surface area contributed by atoms with Crippen molar-refractivity contribution in [3.63, 3.8) is 0 Å². The molecule has 1 aliphatic rings. The van der Waals surface area contributed by atoms with E-state index in [2.05, 4.69) is 46.9 Å². The van der Waals surface area contributed by atoms with Crippen molar-refractivity contribution in [3.8, 4) is 11.4 Å². The summed E-state index contributed by atoms with van der Waals surface area (Å²) in [7, 11) is 1.61. The highest BCUT2D eigenvalue weighted by Gasteiger charge is 2.27. The van der Waals surface area contributed by atoms with Crippen molar-refractivity contribution in [1.82, 2.24) is 15.1 Å². The van der Waals surface area contributed by atoms with Gasteiger partial charge in [0.05, 0.1) is 30.3 Å². The largest absolute Gasteiger partial charge is 0.497 e. The molecule has 1 amide bonds. The predicted molar refractivity (Wildman–Crippen MR) is 114 cm³/mol. The minimum atomic E-state index is -0.148. The van der Waals surface area contributed by atoms with Crippen molar-refractivity contribution in [2.75, 3.05) is 25.5 Å². The molecule has 1 aliphatic heterocycles. The summed E-state index contributed by atoms with van der Waals surface area (Å²) in [6.07, 6.45) is 3.65. The molecule has 6 nitrogen and oxygen atoms in total. The number of carbonyl (C=O) groups excluding carboxylic acids is 1. The number of piperidine rings is 1. The lowest BCUT2D eigenvalue weighted by Crippen LogP contribution is -2.29. The van der Waals surface area contributed by atoms with Crippen LogP contribution >= 0.6 is 0 Å². The van der Waals surface area contributed by atoms with E-state index in [1.54, 1.807) is 13.3 Å². The Morgan fingerprint density at radius 1 is 1.17 bits per heavy atom. The number of methoxy groups -OCH3 is 1. The molecule has 0 atom stereocenters. The smallest absolute Gasteiger partial charge is 0.259 e. The van der Waals surface area contributed by atoms with Crippen molar-refractivity contribution < 1.29 is 9.53 Å². The summed E-state index contributed by atoms with van der Waals surface area (Å²) in [6.45, 7) is 3.95. The van der Waals surface area contributed by atoms with Gasteiger partial charge in [0.1, 0.15) is 5.75 Å². The minimum Gasteiger partial charge on any atom is -0.497 e. The number of benzene rings is 2. The maximum atomic E-state index is 13.2. The van der Waals surface area contributed by atoms with Crippen LogP contribution in [0, 0.1) is 6.92 Å². The van der Waals surface area contributed by atoms with Crippen LogP contribution in [0.25, 0.3) is 5.69 Å². The van der Waals surface area contributed by atoms with Gasteiger partial charge in [0, 0.05) is 17.7 Å². The predicted octanol–water partition coefficient (Wildman–Crippen LogP) is 3.91. The molecular weight excluding hydrogens is 364 g/mol. The van der Waals surface area contributed by atoms with E-state index in [9.17, 15) is 4.79 Å². The molecule has 4 rings (SSSR count). The number of amides is 1. The van der Waals surface area contributed by atoms with E-state index in [1.165, 1.54) is 5.56 Å². The van der Waals surface area contributed by atoms with Crippen molar-refractivity contribution in [2.45, 2.75) is 25.7 Å². The fraction of sp³-hybridized carbons (Fsp3) is 0.304. The Morgan fingerprint density at radius 2 is 1.93 bits per heavy atom. The summed E-state index contributed by atoms with van der Waals surface area (Å²) < 4.78 is 7.18. The number of anilines is 1. The van der Waals surface area contributed by atoms with Gasteiger partial charge in [-0.1, -0.05) is 23.8 Å². The molecule has 1 fully saturated rings. The molecule has 0 spiro atoms. The Morgan fingerprint density at radius 3 is 2.66 bits per heavy atom. The summed E-state index contributed by atoms with van der Waals surface area (Å²) in [5, 5.41) is 11.0. The molecule has 0 unspecified atom stereocenters. The second-order valence-corrected chi connectivity index (χ2v) is 7.40. The summed E-state index contributed by atoms with van der Waals surface area (Å²) in [6, 6.07) is 15.6. The van der Waals surface area contributed by atoms with Gasteiger partial charge in [0.2, 0.25) is 0 Å². The molecule has 0 radical (unpaired) electrons. The van der Waals surface area contributed by atoms with Gasteiger partial charge >= 0.3 is 0 Å². The first kappa shape index (κ1) is 19.2. The SMILES string of the molecule is COc1cccc(NC(=O)c2cnn(-c3ccc(C)cc3)c2C2CCNCC2)c1. The highest BCUT2D eigenvalue weighted by Crippen LogP contribution is 2.31. The number of aryl methyl sites for hydroxylation is 1. The molecule has 3 aromatic rings. The van der Waals surface area contributed by atoms with Crippen LogP contribution in [0.4, 0.5) is 5.69 Å². The fourth-order valence-corrected chi connectivity index (χ4v) is 3.81. The van der Waals surface area contributed by atoms with E-state index < -0.39 is 0 Å². The van der Waals surface area contributed by atoms with Crippen LogP contribution in [0.3, 0.4) is 0 Å². The number of ether oxygens (including phenoxy) is 1. The van der Waals surface area contributed by atoms with Gasteiger partial charge in [-0.15, -0.1) is 0 Å². The fourth-order valence-electron chi connectivity index (χ4n) is 3.81. The van der Waals surface area contributed by atoms with Gasteiger partial charge in [-0.05, 0) is 57.1 Å². The highest BCUT2D eigenvalue weighted by atomic mass is 16.5. The molecule has 2 heterocycles. The van der Waals surface area contributed by atoms with E-state index in [-0.39, 0.29) is 11.8 Å². The summed E-state index contributed by atoms with van der Waals surface area (Å²) >= 11 is 0. The lowest BCUT2D eigenvalue weighted by Gasteiger charge is -2.24. The van der Waals surface area contributed by atoms with Crippen LogP contribution in [0.2, 0.25) is 0 Å². The molecule has 6 heteroatoms. The third-order valence-corrected chi connectivity index (χ3v) is 5.38. The third-order valence-electron chi connectivity index (χ3n) is 5.38.